The number of rotatable bonds is 9. The van der Waals surface area contributed by atoms with Crippen molar-refractivity contribution in [3.8, 4) is 5.75 Å². The first-order valence-electron chi connectivity index (χ1n) is 14.4. The lowest BCUT2D eigenvalue weighted by molar-refractivity contribution is -0.142. The molecule has 3 aromatic carbocycles. The molecule has 2 saturated heterocycles. The van der Waals surface area contributed by atoms with Gasteiger partial charge in [-0.2, -0.15) is 0 Å². The molecule has 2 aliphatic heterocycles. The maximum absolute atomic E-state index is 15.4. The lowest BCUT2D eigenvalue weighted by atomic mass is 9.79. The third-order valence-corrected chi connectivity index (χ3v) is 8.98. The summed E-state index contributed by atoms with van der Waals surface area (Å²) in [6, 6.07) is 17.4. The van der Waals surface area contributed by atoms with E-state index in [4.69, 9.17) is 32.7 Å². The number of hydrogen-bond acceptors (Lipinski definition) is 5. The second kappa shape index (κ2) is 11.7. The molecule has 1 saturated carbocycles. The maximum Gasteiger partial charge on any atom is 0.329 e. The fourth-order valence-corrected chi connectivity index (χ4v) is 6.86. The second-order valence-corrected chi connectivity index (χ2v) is 13.1. The number of benzene rings is 3. The molecule has 6 rings (SSSR count). The van der Waals surface area contributed by atoms with Crippen LogP contribution in [0.1, 0.15) is 65.7 Å². The third-order valence-electron chi connectivity index (χ3n) is 8.54. The van der Waals surface area contributed by atoms with E-state index in [9.17, 15) is 14.7 Å². The molecule has 3 atom stereocenters. The molecule has 0 aromatic heterocycles. The number of carbonyl (C=O) groups excluding carboxylic acids is 1. The predicted octanol–water partition coefficient (Wildman–Crippen LogP) is 6.77. The average molecular weight is 628 g/mol. The van der Waals surface area contributed by atoms with Crippen molar-refractivity contribution < 1.29 is 28.6 Å². The molecule has 3 fully saturated rings. The van der Waals surface area contributed by atoms with Gasteiger partial charge < -0.3 is 14.6 Å². The molecular weight excluding hydrogens is 594 g/mol. The Labute approximate surface area is 260 Å². The first kappa shape index (κ1) is 29.9. The molecule has 1 N–H and O–H groups in total. The van der Waals surface area contributed by atoms with Crippen LogP contribution in [0.2, 0.25) is 10.0 Å². The van der Waals surface area contributed by atoms with Crippen molar-refractivity contribution >= 4 is 35.1 Å². The normalized spacial score (nSPS) is 22.2. The number of halogens is 3. The summed E-state index contributed by atoms with van der Waals surface area (Å²) < 4.78 is 27.1. The lowest BCUT2D eigenvalue weighted by Gasteiger charge is -2.51. The summed E-state index contributed by atoms with van der Waals surface area (Å²) >= 11 is 12.7. The zero-order chi connectivity index (χ0) is 30.5. The molecule has 0 bridgehead atoms. The molecule has 10 heteroatoms. The SMILES string of the molecule is C[C@H]1OCN(C(=O)c2cc(C3CC3)c(OCC3(C)CN([C@H](c4ccccc4)c4cc(Cl)cc(Cl)c4)C3)cc2F)[C@@H]1C(=O)O. The molecule has 0 radical (unpaired) electrons. The van der Waals surface area contributed by atoms with E-state index in [0.717, 1.165) is 47.5 Å². The second-order valence-electron chi connectivity index (χ2n) is 12.2. The summed E-state index contributed by atoms with van der Waals surface area (Å²) in [5.74, 6) is -2.02. The number of carboxylic acids is 1. The van der Waals surface area contributed by atoms with Crippen molar-refractivity contribution in [2.75, 3.05) is 26.4 Å². The van der Waals surface area contributed by atoms with Crippen molar-refractivity contribution in [1.82, 2.24) is 9.80 Å². The Bertz CT molecular complexity index is 1520. The minimum atomic E-state index is -1.18. The molecule has 1 aliphatic carbocycles. The highest BCUT2D eigenvalue weighted by atomic mass is 35.5. The van der Waals surface area contributed by atoms with E-state index in [1.807, 2.05) is 30.3 Å². The van der Waals surface area contributed by atoms with Crippen LogP contribution in [0.3, 0.4) is 0 Å². The van der Waals surface area contributed by atoms with Gasteiger partial charge in [-0.3, -0.25) is 14.6 Å². The minimum Gasteiger partial charge on any atom is -0.493 e. The quantitative estimate of drug-likeness (QED) is 0.282. The Kier molecular flexibility index (Phi) is 8.15. The maximum atomic E-state index is 15.4. The van der Waals surface area contributed by atoms with Gasteiger partial charge in [0.1, 0.15) is 18.3 Å². The van der Waals surface area contributed by atoms with Crippen molar-refractivity contribution in [2.45, 2.75) is 50.8 Å². The van der Waals surface area contributed by atoms with Crippen LogP contribution in [0.4, 0.5) is 4.39 Å². The fraction of sp³-hybridized carbons (Fsp3) is 0.394. The molecule has 0 spiro atoms. The summed E-state index contributed by atoms with van der Waals surface area (Å²) in [6.07, 6.45) is 1.15. The summed E-state index contributed by atoms with van der Waals surface area (Å²) in [6.45, 7) is 5.36. The van der Waals surface area contributed by atoms with Gasteiger partial charge in [-0.1, -0.05) is 60.5 Å². The highest BCUT2D eigenvalue weighted by Crippen LogP contribution is 2.47. The van der Waals surface area contributed by atoms with Crippen molar-refractivity contribution in [2.24, 2.45) is 5.41 Å². The number of nitrogens with zero attached hydrogens (tertiary/aromatic N) is 2. The highest BCUT2D eigenvalue weighted by Gasteiger charge is 2.45. The molecule has 3 aliphatic rings. The van der Waals surface area contributed by atoms with Gasteiger partial charge in [0.05, 0.1) is 24.3 Å². The van der Waals surface area contributed by atoms with Crippen LogP contribution < -0.4 is 4.74 Å². The van der Waals surface area contributed by atoms with Gasteiger partial charge in [-0.05, 0) is 66.6 Å². The fourth-order valence-electron chi connectivity index (χ4n) is 6.31. The number of aliphatic carboxylic acids is 1. The molecule has 1 amide bonds. The van der Waals surface area contributed by atoms with Crippen LogP contribution >= 0.6 is 23.2 Å². The Balaban J connectivity index is 1.19. The van der Waals surface area contributed by atoms with Crippen LogP contribution in [0, 0.1) is 11.2 Å². The molecular formula is C33H33Cl2FN2O5. The smallest absolute Gasteiger partial charge is 0.329 e. The minimum absolute atomic E-state index is 0.0397. The van der Waals surface area contributed by atoms with Gasteiger partial charge in [0.25, 0.3) is 5.91 Å². The van der Waals surface area contributed by atoms with E-state index in [-0.39, 0.29) is 29.7 Å². The molecule has 2 heterocycles. The van der Waals surface area contributed by atoms with Crippen LogP contribution in [0.5, 0.6) is 5.75 Å². The zero-order valence-corrected chi connectivity index (χ0v) is 25.4. The number of carbonyl (C=O) groups is 2. The monoisotopic (exact) mass is 626 g/mol. The van der Waals surface area contributed by atoms with Gasteiger partial charge in [0.15, 0.2) is 6.04 Å². The molecule has 0 unspecified atom stereocenters. The first-order chi connectivity index (χ1) is 20.5. The number of hydrogen-bond donors (Lipinski definition) is 1. The van der Waals surface area contributed by atoms with Crippen molar-refractivity contribution in [1.29, 1.82) is 0 Å². The van der Waals surface area contributed by atoms with Crippen LogP contribution in [0.25, 0.3) is 0 Å². The van der Waals surface area contributed by atoms with E-state index in [0.29, 0.717) is 22.4 Å². The van der Waals surface area contributed by atoms with Gasteiger partial charge in [-0.25, -0.2) is 9.18 Å². The number of carboxylic acid groups (broad SMARTS) is 1. The molecule has 43 heavy (non-hydrogen) atoms. The number of likely N-dealkylation sites (tertiary alicyclic amines) is 1. The van der Waals surface area contributed by atoms with Crippen molar-refractivity contribution in [3.63, 3.8) is 0 Å². The summed E-state index contributed by atoms with van der Waals surface area (Å²) in [5, 5.41) is 10.8. The van der Waals surface area contributed by atoms with Crippen LogP contribution in [0.15, 0.2) is 60.7 Å². The largest absolute Gasteiger partial charge is 0.493 e. The highest BCUT2D eigenvalue weighted by molar-refractivity contribution is 6.34. The van der Waals surface area contributed by atoms with Gasteiger partial charge in [0, 0.05) is 34.6 Å². The Morgan fingerprint density at radius 2 is 1.74 bits per heavy atom. The zero-order valence-electron chi connectivity index (χ0n) is 23.9. The third kappa shape index (κ3) is 6.11. The Morgan fingerprint density at radius 1 is 1.07 bits per heavy atom. The Morgan fingerprint density at radius 3 is 2.37 bits per heavy atom. The van der Waals surface area contributed by atoms with E-state index in [1.165, 1.54) is 12.1 Å². The van der Waals surface area contributed by atoms with Crippen molar-refractivity contribution in [3.05, 3.63) is 98.8 Å². The number of amides is 1. The lowest BCUT2D eigenvalue weighted by Crippen LogP contribution is -2.58. The van der Waals surface area contributed by atoms with E-state index in [2.05, 4.69) is 24.0 Å². The predicted molar refractivity (Wildman–Crippen MR) is 161 cm³/mol. The van der Waals surface area contributed by atoms with Gasteiger partial charge in [-0.15, -0.1) is 0 Å². The number of ether oxygens (including phenoxy) is 2. The van der Waals surface area contributed by atoms with E-state index in [1.54, 1.807) is 13.0 Å². The standard InChI is InChI=1S/C33H33Cl2FN2O5/c1-19-29(32(40)41)38(18-43-19)31(39)26-13-25(20-8-9-20)28(14-27(26)36)42-17-33(2)15-37(16-33)30(21-6-4-3-5-7-21)22-10-23(34)12-24(35)11-22/h3-7,10-14,19-20,29-30H,8-9,15-18H2,1-2H3,(H,40,41)/t19-,29+,30-/m1/s1. The van der Waals surface area contributed by atoms with E-state index >= 15 is 4.39 Å². The molecule has 3 aromatic rings. The van der Waals surface area contributed by atoms with Gasteiger partial charge in [0.2, 0.25) is 0 Å². The van der Waals surface area contributed by atoms with Gasteiger partial charge >= 0.3 is 5.97 Å². The van der Waals surface area contributed by atoms with Crippen LogP contribution in [-0.4, -0.2) is 65.4 Å². The van der Waals surface area contributed by atoms with Crippen LogP contribution in [-0.2, 0) is 9.53 Å². The molecule has 226 valence electrons. The summed E-state index contributed by atoms with van der Waals surface area (Å²) in [7, 11) is 0. The molecule has 7 nitrogen and oxygen atoms in total. The summed E-state index contributed by atoms with van der Waals surface area (Å²) in [5.41, 5.74) is 2.56. The van der Waals surface area contributed by atoms with E-state index < -0.39 is 29.8 Å². The Hall–Kier alpha value is -3.17. The average Bonchev–Trinajstić information content (AvgIpc) is 3.71. The summed E-state index contributed by atoms with van der Waals surface area (Å²) in [4.78, 5) is 28.4. The first-order valence-corrected chi connectivity index (χ1v) is 15.2. The topological polar surface area (TPSA) is 79.3 Å².